The van der Waals surface area contributed by atoms with Gasteiger partial charge in [0.25, 0.3) is 0 Å². The Hall–Kier alpha value is -0.730. The lowest BCUT2D eigenvalue weighted by molar-refractivity contribution is -0.136. The van der Waals surface area contributed by atoms with E-state index in [2.05, 4.69) is 15.0 Å². The molecule has 0 spiro atoms. The zero-order valence-electron chi connectivity index (χ0n) is 7.08. The fraction of sp³-hybridized carbons (Fsp3) is 0.667. The predicted molar refractivity (Wildman–Crippen MR) is 45.3 cm³/mol. The van der Waals surface area contributed by atoms with Gasteiger partial charge in [0.15, 0.2) is 0 Å². The van der Waals surface area contributed by atoms with Crippen molar-refractivity contribution in [3.8, 4) is 0 Å². The first-order valence-electron chi connectivity index (χ1n) is 3.83. The number of nitrogens with zero attached hydrogens (tertiary/aromatic N) is 2. The first kappa shape index (κ1) is 11.3. The summed E-state index contributed by atoms with van der Waals surface area (Å²) < 4.78 is 39.2. The lowest BCUT2D eigenvalue weighted by Gasteiger charge is -2.13. The van der Waals surface area contributed by atoms with E-state index in [-0.39, 0.29) is 6.42 Å². The summed E-state index contributed by atoms with van der Waals surface area (Å²) >= 11 is 1.04. The summed E-state index contributed by atoms with van der Waals surface area (Å²) in [6.45, 7) is 0. The second kappa shape index (κ2) is 4.67. The number of hydrogen-bond donors (Lipinski definition) is 2. The second-order valence-electron chi connectivity index (χ2n) is 2.69. The summed E-state index contributed by atoms with van der Waals surface area (Å²) in [6.07, 6.45) is -3.73. The van der Waals surface area contributed by atoms with Gasteiger partial charge in [-0.15, -0.1) is 5.10 Å². The van der Waals surface area contributed by atoms with Crippen molar-refractivity contribution in [2.24, 2.45) is 5.84 Å². The Morgan fingerprint density at radius 2 is 2.29 bits per heavy atom. The predicted octanol–water partition coefficient (Wildman–Crippen LogP) is 1.39. The highest BCUT2D eigenvalue weighted by Gasteiger charge is 2.28. The van der Waals surface area contributed by atoms with E-state index in [0.717, 1.165) is 11.5 Å². The van der Waals surface area contributed by atoms with E-state index < -0.39 is 18.6 Å². The quantitative estimate of drug-likeness (QED) is 0.601. The maximum Gasteiger partial charge on any atom is 0.389 e. The van der Waals surface area contributed by atoms with E-state index in [9.17, 15) is 13.2 Å². The monoisotopic (exact) mass is 226 g/mol. The smallest absolute Gasteiger partial charge is 0.271 e. The number of rotatable bonds is 4. The number of nitrogens with one attached hydrogen (secondary N) is 1. The van der Waals surface area contributed by atoms with Gasteiger partial charge in [-0.1, -0.05) is 4.49 Å². The number of nitrogens with two attached hydrogens (primary N) is 1. The highest BCUT2D eigenvalue weighted by molar-refractivity contribution is 7.05. The molecule has 3 N–H and O–H groups in total. The van der Waals surface area contributed by atoms with Crippen LogP contribution >= 0.6 is 11.5 Å². The molecule has 0 aliphatic rings. The van der Waals surface area contributed by atoms with Gasteiger partial charge in [0.2, 0.25) is 0 Å². The summed E-state index contributed by atoms with van der Waals surface area (Å²) in [5.74, 6) is 5.13. The highest BCUT2D eigenvalue weighted by Crippen LogP contribution is 2.27. The van der Waals surface area contributed by atoms with Crippen LogP contribution < -0.4 is 11.3 Å². The van der Waals surface area contributed by atoms with Crippen LogP contribution in [0.1, 0.15) is 23.8 Å². The number of aromatic nitrogens is 2. The summed E-state index contributed by atoms with van der Waals surface area (Å²) in [4.78, 5) is 0.608. The standard InChI is InChI=1S/C6H9F3N4S/c7-6(8,9)2-1-4(12-10)5-3-11-13-14-5/h3-4,12H,1-2,10H2. The molecule has 0 fully saturated rings. The van der Waals surface area contributed by atoms with Crippen molar-refractivity contribution in [3.05, 3.63) is 11.1 Å². The van der Waals surface area contributed by atoms with Crippen LogP contribution in [0.3, 0.4) is 0 Å². The highest BCUT2D eigenvalue weighted by atomic mass is 32.1. The van der Waals surface area contributed by atoms with Crippen molar-refractivity contribution in [2.75, 3.05) is 0 Å². The molecule has 1 aromatic rings. The summed E-state index contributed by atoms with van der Waals surface area (Å²) in [5.41, 5.74) is 2.31. The molecule has 8 heteroatoms. The molecule has 0 aliphatic heterocycles. The molecule has 0 amide bonds. The van der Waals surface area contributed by atoms with E-state index in [1.807, 2.05) is 0 Å². The summed E-state index contributed by atoms with van der Waals surface area (Å²) in [6, 6.07) is -0.531. The molecule has 1 unspecified atom stereocenters. The topological polar surface area (TPSA) is 63.8 Å². The van der Waals surface area contributed by atoms with E-state index >= 15 is 0 Å². The summed E-state index contributed by atoms with van der Waals surface area (Å²) in [7, 11) is 0. The average Bonchev–Trinajstić information content (AvgIpc) is 2.56. The SMILES string of the molecule is NNC(CCC(F)(F)F)c1cnns1. The lowest BCUT2D eigenvalue weighted by Crippen LogP contribution is -2.28. The fourth-order valence-electron chi connectivity index (χ4n) is 0.944. The molecule has 0 aliphatic carbocycles. The van der Waals surface area contributed by atoms with Crippen LogP contribution in [0.25, 0.3) is 0 Å². The molecule has 1 aromatic heterocycles. The number of alkyl halides is 3. The van der Waals surface area contributed by atoms with E-state index in [4.69, 9.17) is 5.84 Å². The molecule has 80 valence electrons. The lowest BCUT2D eigenvalue weighted by atomic mass is 10.1. The Labute approximate surface area is 82.4 Å². The van der Waals surface area contributed by atoms with Crippen LogP contribution in [-0.4, -0.2) is 15.8 Å². The first-order valence-corrected chi connectivity index (χ1v) is 4.60. The normalized spacial score (nSPS) is 14.3. The Bertz CT molecular complexity index is 261. The van der Waals surface area contributed by atoms with Gasteiger partial charge in [-0.3, -0.25) is 11.3 Å². The molecule has 1 atom stereocenters. The third-order valence-electron chi connectivity index (χ3n) is 1.64. The third kappa shape index (κ3) is 3.56. The Morgan fingerprint density at radius 1 is 1.57 bits per heavy atom. The van der Waals surface area contributed by atoms with Gasteiger partial charge in [-0.2, -0.15) is 13.2 Å². The van der Waals surface area contributed by atoms with Crippen LogP contribution in [0.2, 0.25) is 0 Å². The van der Waals surface area contributed by atoms with Crippen molar-refractivity contribution in [1.82, 2.24) is 15.0 Å². The minimum absolute atomic E-state index is 0.107. The third-order valence-corrected chi connectivity index (χ3v) is 2.42. The molecule has 1 heterocycles. The maximum absolute atomic E-state index is 11.9. The zero-order valence-corrected chi connectivity index (χ0v) is 7.90. The number of hydrazine groups is 1. The van der Waals surface area contributed by atoms with Crippen molar-refractivity contribution in [2.45, 2.75) is 25.1 Å². The second-order valence-corrected chi connectivity index (χ2v) is 3.51. The van der Waals surface area contributed by atoms with Gasteiger partial charge in [0, 0.05) is 6.42 Å². The Kier molecular flexibility index (Phi) is 3.78. The van der Waals surface area contributed by atoms with Gasteiger partial charge in [-0.05, 0) is 18.0 Å². The molecule has 0 bridgehead atoms. The molecule has 1 rings (SSSR count). The molecular weight excluding hydrogens is 217 g/mol. The molecule has 4 nitrogen and oxygen atoms in total. The van der Waals surface area contributed by atoms with Gasteiger partial charge in [0.05, 0.1) is 17.1 Å². The van der Waals surface area contributed by atoms with E-state index in [1.54, 1.807) is 0 Å². The molecule has 0 saturated heterocycles. The van der Waals surface area contributed by atoms with Crippen LogP contribution in [0.15, 0.2) is 6.20 Å². The van der Waals surface area contributed by atoms with Crippen LogP contribution in [0, 0.1) is 0 Å². The van der Waals surface area contributed by atoms with Gasteiger partial charge in [0.1, 0.15) is 0 Å². The average molecular weight is 226 g/mol. The van der Waals surface area contributed by atoms with Gasteiger partial charge in [-0.25, -0.2) is 0 Å². The van der Waals surface area contributed by atoms with Crippen molar-refractivity contribution >= 4 is 11.5 Å². The van der Waals surface area contributed by atoms with Crippen molar-refractivity contribution < 1.29 is 13.2 Å². The Morgan fingerprint density at radius 3 is 2.71 bits per heavy atom. The molecular formula is C6H9F3N4S. The zero-order chi connectivity index (χ0) is 10.6. The van der Waals surface area contributed by atoms with E-state index in [0.29, 0.717) is 4.88 Å². The number of hydrogen-bond acceptors (Lipinski definition) is 5. The molecule has 0 saturated carbocycles. The van der Waals surface area contributed by atoms with Gasteiger partial charge < -0.3 is 0 Å². The van der Waals surface area contributed by atoms with Crippen LogP contribution in [0.4, 0.5) is 13.2 Å². The van der Waals surface area contributed by atoms with Crippen LogP contribution in [0.5, 0.6) is 0 Å². The van der Waals surface area contributed by atoms with Gasteiger partial charge >= 0.3 is 6.18 Å². The molecule has 0 aromatic carbocycles. The van der Waals surface area contributed by atoms with E-state index in [1.165, 1.54) is 6.20 Å². The number of halogens is 3. The fourth-order valence-corrected chi connectivity index (χ4v) is 1.54. The van der Waals surface area contributed by atoms with Crippen LogP contribution in [-0.2, 0) is 0 Å². The molecule has 14 heavy (non-hydrogen) atoms. The molecule has 0 radical (unpaired) electrons. The minimum atomic E-state index is -4.16. The largest absolute Gasteiger partial charge is 0.389 e. The maximum atomic E-state index is 11.9. The van der Waals surface area contributed by atoms with Crippen molar-refractivity contribution in [1.29, 1.82) is 0 Å². The summed E-state index contributed by atoms with van der Waals surface area (Å²) in [5, 5.41) is 3.53. The minimum Gasteiger partial charge on any atom is -0.271 e. The van der Waals surface area contributed by atoms with Crippen molar-refractivity contribution in [3.63, 3.8) is 0 Å². The Balaban J connectivity index is 2.49. The first-order chi connectivity index (χ1) is 6.53.